The number of likely N-dealkylation sites (tertiary alicyclic amines) is 1. The van der Waals surface area contributed by atoms with Crippen molar-refractivity contribution in [2.45, 2.75) is 30.7 Å². The van der Waals surface area contributed by atoms with Crippen LogP contribution in [0.2, 0.25) is 0 Å². The van der Waals surface area contributed by atoms with Crippen LogP contribution in [0.1, 0.15) is 36.3 Å². The van der Waals surface area contributed by atoms with Gasteiger partial charge >= 0.3 is 0 Å². The molecule has 0 spiro atoms. The second-order valence-corrected chi connectivity index (χ2v) is 6.60. The maximum absolute atomic E-state index is 10.6. The molecule has 1 saturated carbocycles. The Morgan fingerprint density at radius 3 is 2.63 bits per heavy atom. The lowest BCUT2D eigenvalue weighted by Crippen LogP contribution is -2.42. The first-order chi connectivity index (χ1) is 9.14. The van der Waals surface area contributed by atoms with Crippen LogP contribution in [0.4, 0.5) is 0 Å². The molecule has 0 atom stereocenters. The van der Waals surface area contributed by atoms with E-state index in [0.29, 0.717) is 5.92 Å². The molecule has 1 aromatic rings. The molecular weight excluding hydrogens is 304 g/mol. The first-order valence-corrected chi connectivity index (χ1v) is 7.51. The number of rotatable bonds is 3. The summed E-state index contributed by atoms with van der Waals surface area (Å²) in [5, 5.41) is 0. The van der Waals surface area contributed by atoms with Gasteiger partial charge in [-0.05, 0) is 43.5 Å². The molecule has 1 aromatic carbocycles. The maximum Gasteiger partial charge on any atom is 0.235 e. The number of benzene rings is 1. The van der Waals surface area contributed by atoms with Crippen molar-refractivity contribution in [2.24, 2.45) is 4.99 Å². The third kappa shape index (κ3) is 2.18. The van der Waals surface area contributed by atoms with E-state index >= 15 is 0 Å². The summed E-state index contributed by atoms with van der Waals surface area (Å²) in [6, 6.07) is 6.48. The van der Waals surface area contributed by atoms with Crippen LogP contribution < -0.4 is 0 Å². The summed E-state index contributed by atoms with van der Waals surface area (Å²) in [7, 11) is 2.14. The van der Waals surface area contributed by atoms with Gasteiger partial charge in [-0.15, -0.1) is 0 Å². The summed E-state index contributed by atoms with van der Waals surface area (Å²) in [5.74, 6) is 0.625. The van der Waals surface area contributed by atoms with Crippen LogP contribution in [0.3, 0.4) is 0 Å². The van der Waals surface area contributed by atoms with Crippen LogP contribution in [-0.4, -0.2) is 31.1 Å². The molecule has 0 radical (unpaired) electrons. The number of likely N-dealkylation sites (N-methyl/N-ethyl adjacent to an activating group) is 1. The summed E-state index contributed by atoms with van der Waals surface area (Å²) in [6.07, 6.45) is 4.80. The summed E-state index contributed by atoms with van der Waals surface area (Å²) in [5.41, 5.74) is 2.22. The SMILES string of the molecule is CN1CC(c2ccc(C3(N=C=O)CCC3)cc2Br)C1. The number of halogens is 1. The quantitative estimate of drug-likeness (QED) is 0.633. The van der Waals surface area contributed by atoms with Gasteiger partial charge in [-0.2, -0.15) is 4.99 Å². The fourth-order valence-corrected chi connectivity index (χ4v) is 3.81. The van der Waals surface area contributed by atoms with Gasteiger partial charge in [0.1, 0.15) is 0 Å². The van der Waals surface area contributed by atoms with Gasteiger partial charge in [0, 0.05) is 23.5 Å². The predicted octanol–water partition coefficient (Wildman–Crippen LogP) is 3.19. The molecule has 1 saturated heterocycles. The zero-order valence-electron chi connectivity index (χ0n) is 11.0. The van der Waals surface area contributed by atoms with Crippen LogP contribution in [0, 0.1) is 0 Å². The smallest absolute Gasteiger partial charge is 0.235 e. The van der Waals surface area contributed by atoms with Crippen molar-refractivity contribution in [2.75, 3.05) is 20.1 Å². The van der Waals surface area contributed by atoms with Crippen LogP contribution in [0.5, 0.6) is 0 Å². The molecule has 3 nitrogen and oxygen atoms in total. The highest BCUT2D eigenvalue weighted by Gasteiger charge is 2.39. The van der Waals surface area contributed by atoms with Crippen LogP contribution in [0.15, 0.2) is 27.7 Å². The fourth-order valence-electron chi connectivity index (χ4n) is 3.11. The molecule has 2 fully saturated rings. The topological polar surface area (TPSA) is 32.7 Å². The lowest BCUT2D eigenvalue weighted by atomic mass is 9.72. The number of aliphatic imine (C=N–C) groups is 1. The molecule has 1 aliphatic carbocycles. The van der Waals surface area contributed by atoms with Crippen LogP contribution in [-0.2, 0) is 10.3 Å². The van der Waals surface area contributed by atoms with E-state index in [0.717, 1.165) is 42.4 Å². The molecule has 1 heterocycles. The lowest BCUT2D eigenvalue weighted by Gasteiger charge is -2.39. The molecule has 100 valence electrons. The highest BCUT2D eigenvalue weighted by atomic mass is 79.9. The molecule has 2 aliphatic rings. The molecular formula is C15H17BrN2O. The van der Waals surface area contributed by atoms with E-state index < -0.39 is 0 Å². The number of hydrogen-bond donors (Lipinski definition) is 0. The largest absolute Gasteiger partial charge is 0.305 e. The van der Waals surface area contributed by atoms with Gasteiger partial charge in [-0.1, -0.05) is 28.1 Å². The Labute approximate surface area is 121 Å². The summed E-state index contributed by atoms with van der Waals surface area (Å²) in [6.45, 7) is 2.24. The molecule has 19 heavy (non-hydrogen) atoms. The summed E-state index contributed by atoms with van der Waals surface area (Å²) in [4.78, 5) is 17.0. The Morgan fingerprint density at radius 2 is 2.16 bits per heavy atom. The minimum atomic E-state index is -0.292. The maximum atomic E-state index is 10.6. The minimum absolute atomic E-state index is 0.292. The van der Waals surface area contributed by atoms with E-state index in [9.17, 15) is 4.79 Å². The molecule has 0 unspecified atom stereocenters. The van der Waals surface area contributed by atoms with Crippen LogP contribution in [0.25, 0.3) is 0 Å². The normalized spacial score (nSPS) is 22.2. The number of nitrogens with zero attached hydrogens (tertiary/aromatic N) is 2. The van der Waals surface area contributed by atoms with Crippen molar-refractivity contribution >= 4 is 22.0 Å². The Morgan fingerprint density at radius 1 is 1.42 bits per heavy atom. The van der Waals surface area contributed by atoms with Crippen LogP contribution >= 0.6 is 15.9 Å². The van der Waals surface area contributed by atoms with Gasteiger partial charge in [0.25, 0.3) is 0 Å². The van der Waals surface area contributed by atoms with Gasteiger partial charge < -0.3 is 4.90 Å². The Kier molecular flexibility index (Phi) is 3.34. The number of hydrogen-bond acceptors (Lipinski definition) is 3. The van der Waals surface area contributed by atoms with Gasteiger partial charge in [0.05, 0.1) is 5.54 Å². The monoisotopic (exact) mass is 320 g/mol. The second kappa shape index (κ2) is 4.86. The van der Waals surface area contributed by atoms with Crippen molar-refractivity contribution in [1.29, 1.82) is 0 Å². The van der Waals surface area contributed by atoms with Gasteiger partial charge in [-0.25, -0.2) is 4.79 Å². The second-order valence-electron chi connectivity index (χ2n) is 5.74. The zero-order valence-corrected chi connectivity index (χ0v) is 12.6. The van der Waals surface area contributed by atoms with Crippen molar-refractivity contribution in [3.63, 3.8) is 0 Å². The number of carbonyl (C=O) groups excluding carboxylic acids is 1. The van der Waals surface area contributed by atoms with E-state index in [2.05, 4.69) is 51.1 Å². The Bertz CT molecular complexity index is 541. The molecule has 0 N–H and O–H groups in total. The zero-order chi connectivity index (χ0) is 13.5. The van der Waals surface area contributed by atoms with Gasteiger partial charge in [0.2, 0.25) is 6.08 Å². The highest BCUT2D eigenvalue weighted by molar-refractivity contribution is 9.10. The first-order valence-electron chi connectivity index (χ1n) is 6.72. The van der Waals surface area contributed by atoms with Crippen molar-refractivity contribution in [3.8, 4) is 0 Å². The molecule has 0 aromatic heterocycles. The van der Waals surface area contributed by atoms with E-state index in [-0.39, 0.29) is 5.54 Å². The Balaban J connectivity index is 1.89. The first kappa shape index (κ1) is 13.0. The van der Waals surface area contributed by atoms with E-state index in [1.54, 1.807) is 6.08 Å². The predicted molar refractivity (Wildman–Crippen MR) is 78.0 cm³/mol. The van der Waals surface area contributed by atoms with E-state index in [1.807, 2.05) is 0 Å². The average Bonchev–Trinajstić information content (AvgIpc) is 2.30. The summed E-state index contributed by atoms with van der Waals surface area (Å²) >= 11 is 3.68. The third-order valence-electron chi connectivity index (χ3n) is 4.48. The lowest BCUT2D eigenvalue weighted by molar-refractivity contribution is 0.189. The third-order valence-corrected chi connectivity index (χ3v) is 5.17. The van der Waals surface area contributed by atoms with Crippen molar-refractivity contribution in [1.82, 2.24) is 4.90 Å². The van der Waals surface area contributed by atoms with E-state index in [1.165, 1.54) is 5.56 Å². The molecule has 3 rings (SSSR count). The standard InChI is InChI=1S/C15H17BrN2O/c1-18-8-11(9-18)13-4-3-12(7-14(13)16)15(17-10-19)5-2-6-15/h3-4,7,11H,2,5-6,8-9H2,1H3. The molecule has 1 aliphatic heterocycles. The summed E-state index contributed by atoms with van der Waals surface area (Å²) < 4.78 is 1.15. The highest BCUT2D eigenvalue weighted by Crippen LogP contribution is 2.46. The van der Waals surface area contributed by atoms with Crippen molar-refractivity contribution < 1.29 is 4.79 Å². The average molecular weight is 321 g/mol. The number of isocyanates is 1. The molecule has 0 bridgehead atoms. The van der Waals surface area contributed by atoms with Gasteiger partial charge in [0.15, 0.2) is 0 Å². The Hall–Kier alpha value is -0.960. The van der Waals surface area contributed by atoms with E-state index in [4.69, 9.17) is 0 Å². The van der Waals surface area contributed by atoms with Gasteiger partial charge in [-0.3, -0.25) is 0 Å². The molecule has 0 amide bonds. The minimum Gasteiger partial charge on any atom is -0.305 e. The fraction of sp³-hybridized carbons (Fsp3) is 0.533. The molecule has 4 heteroatoms. The van der Waals surface area contributed by atoms with Crippen molar-refractivity contribution in [3.05, 3.63) is 33.8 Å².